The van der Waals surface area contributed by atoms with Gasteiger partial charge in [-0.05, 0) is 0 Å². The van der Waals surface area contributed by atoms with Crippen molar-refractivity contribution in [1.29, 1.82) is 0 Å². The molecule has 1 aliphatic rings. The van der Waals surface area contributed by atoms with Crippen molar-refractivity contribution in [1.82, 2.24) is 0 Å². The molecule has 1 fully saturated rings. The first-order chi connectivity index (χ1) is 7.15. The van der Waals surface area contributed by atoms with Gasteiger partial charge in [-0.3, -0.25) is 4.52 Å². The summed E-state index contributed by atoms with van der Waals surface area (Å²) in [5.74, 6) is 0. The van der Waals surface area contributed by atoms with Crippen LogP contribution < -0.4 is 11.5 Å². The number of hydrogen-bond acceptors (Lipinski definition) is 7. The molecule has 0 heterocycles. The summed E-state index contributed by atoms with van der Waals surface area (Å²) in [5.41, 5.74) is 10.7. The molecule has 0 aromatic rings. The average Bonchev–Trinajstić information content (AvgIpc) is 2.17. The van der Waals surface area contributed by atoms with Crippen molar-refractivity contribution in [3.63, 3.8) is 0 Å². The van der Waals surface area contributed by atoms with Crippen molar-refractivity contribution in [3.8, 4) is 0 Å². The number of aliphatic hydroxyl groups is 3. The van der Waals surface area contributed by atoms with Gasteiger partial charge in [-0.1, -0.05) is 0 Å². The first-order valence-electron chi connectivity index (χ1n) is 4.44. The summed E-state index contributed by atoms with van der Waals surface area (Å²) in [6.45, 7) is 0. The molecule has 0 saturated heterocycles. The van der Waals surface area contributed by atoms with Gasteiger partial charge in [0.1, 0.15) is 18.3 Å². The molecule has 96 valence electrons. The Bertz CT molecular complexity index is 281. The van der Waals surface area contributed by atoms with Gasteiger partial charge in [-0.15, -0.1) is 0 Å². The molecule has 16 heavy (non-hydrogen) atoms. The van der Waals surface area contributed by atoms with Crippen LogP contribution in [0.3, 0.4) is 0 Å². The molecule has 0 bridgehead atoms. The fourth-order valence-corrected chi connectivity index (χ4v) is 2.18. The quantitative estimate of drug-likeness (QED) is 0.244. The van der Waals surface area contributed by atoms with Crippen LogP contribution in [0.25, 0.3) is 0 Å². The van der Waals surface area contributed by atoms with E-state index in [1.165, 1.54) is 0 Å². The van der Waals surface area contributed by atoms with Crippen LogP contribution >= 0.6 is 7.82 Å². The minimum atomic E-state index is -4.88. The normalized spacial score (nSPS) is 45.7. The Kier molecular flexibility index (Phi) is 4.06. The molecule has 0 amide bonds. The molecule has 0 radical (unpaired) electrons. The Morgan fingerprint density at radius 2 is 1.44 bits per heavy atom. The van der Waals surface area contributed by atoms with Crippen LogP contribution in [0.1, 0.15) is 0 Å². The summed E-state index contributed by atoms with van der Waals surface area (Å²) < 4.78 is 14.8. The molecular formula is C6H15N2O7P. The summed E-state index contributed by atoms with van der Waals surface area (Å²) >= 11 is 0. The Labute approximate surface area is 90.9 Å². The predicted octanol–water partition coefficient (Wildman–Crippen LogP) is -3.78. The lowest BCUT2D eigenvalue weighted by atomic mass is 9.82. The monoisotopic (exact) mass is 258 g/mol. The standard InChI is InChI=1S/C6H15N2O7P/c7-1-3(9)2(8)6(5(11)4(1)10)15-16(12,13)14/h1-6,9-11H,7-8H2,(H2,12,13,14)/t1-,2+,3-,4+,5-,6-/m1/s1. The molecule has 0 aromatic carbocycles. The second kappa shape index (κ2) is 4.65. The van der Waals surface area contributed by atoms with Crippen LogP contribution in [0.15, 0.2) is 0 Å². The van der Waals surface area contributed by atoms with E-state index in [9.17, 15) is 19.9 Å². The largest absolute Gasteiger partial charge is 0.470 e. The van der Waals surface area contributed by atoms with Gasteiger partial charge < -0.3 is 36.6 Å². The zero-order valence-electron chi connectivity index (χ0n) is 8.12. The highest BCUT2D eigenvalue weighted by atomic mass is 31.2. The van der Waals surface area contributed by atoms with Crippen molar-refractivity contribution < 1.29 is 34.2 Å². The molecule has 10 heteroatoms. The molecule has 0 aromatic heterocycles. The Morgan fingerprint density at radius 3 is 1.88 bits per heavy atom. The second-order valence-corrected chi connectivity index (χ2v) is 4.88. The van der Waals surface area contributed by atoms with E-state index < -0.39 is 44.3 Å². The first kappa shape index (κ1) is 14.0. The van der Waals surface area contributed by atoms with E-state index in [2.05, 4.69) is 4.52 Å². The number of hydrogen-bond donors (Lipinski definition) is 7. The summed E-state index contributed by atoms with van der Waals surface area (Å²) in [6, 6.07) is -2.51. The number of aliphatic hydroxyl groups excluding tert-OH is 3. The van der Waals surface area contributed by atoms with Crippen molar-refractivity contribution in [3.05, 3.63) is 0 Å². The van der Waals surface area contributed by atoms with E-state index in [1.54, 1.807) is 0 Å². The lowest BCUT2D eigenvalue weighted by molar-refractivity contribution is -0.133. The molecule has 9 nitrogen and oxygen atoms in total. The Hall–Kier alpha value is -0.0900. The van der Waals surface area contributed by atoms with Gasteiger partial charge in [0.15, 0.2) is 0 Å². The average molecular weight is 258 g/mol. The van der Waals surface area contributed by atoms with Gasteiger partial charge in [0, 0.05) is 0 Å². The topological polar surface area (TPSA) is 179 Å². The molecule has 0 unspecified atom stereocenters. The van der Waals surface area contributed by atoms with Crippen molar-refractivity contribution >= 4 is 7.82 Å². The van der Waals surface area contributed by atoms with Crippen molar-refractivity contribution in [2.24, 2.45) is 11.5 Å². The zero-order chi connectivity index (χ0) is 12.7. The lowest BCUT2D eigenvalue weighted by Gasteiger charge is -2.42. The third-order valence-corrected chi connectivity index (χ3v) is 3.03. The molecule has 9 N–H and O–H groups in total. The molecule has 0 spiro atoms. The molecule has 6 atom stereocenters. The van der Waals surface area contributed by atoms with Crippen LogP contribution in [0.4, 0.5) is 0 Å². The zero-order valence-corrected chi connectivity index (χ0v) is 9.01. The van der Waals surface area contributed by atoms with Gasteiger partial charge in [0.25, 0.3) is 0 Å². The van der Waals surface area contributed by atoms with E-state index in [1.807, 2.05) is 0 Å². The third kappa shape index (κ3) is 2.77. The lowest BCUT2D eigenvalue weighted by Crippen LogP contribution is -2.69. The van der Waals surface area contributed by atoms with Crippen molar-refractivity contribution in [2.75, 3.05) is 0 Å². The van der Waals surface area contributed by atoms with Crippen LogP contribution in [0.5, 0.6) is 0 Å². The van der Waals surface area contributed by atoms with Crippen LogP contribution in [0.2, 0.25) is 0 Å². The highest BCUT2D eigenvalue weighted by Gasteiger charge is 2.49. The van der Waals surface area contributed by atoms with Crippen LogP contribution in [-0.4, -0.2) is 61.6 Å². The predicted molar refractivity (Wildman–Crippen MR) is 50.9 cm³/mol. The number of rotatable bonds is 2. The summed E-state index contributed by atoms with van der Waals surface area (Å²) in [6.07, 6.45) is -6.28. The summed E-state index contributed by atoms with van der Waals surface area (Å²) in [7, 11) is -4.88. The number of phosphoric ester groups is 1. The SMILES string of the molecule is N[C@@H]1[C@@H](O)[C@H](N)[C@@H](OP(=O)(O)O)[C@H](O)[C@H]1O. The highest BCUT2D eigenvalue weighted by molar-refractivity contribution is 7.46. The molecular weight excluding hydrogens is 243 g/mol. The van der Waals surface area contributed by atoms with E-state index in [-0.39, 0.29) is 0 Å². The molecule has 0 aliphatic heterocycles. The maximum absolute atomic E-state index is 10.6. The smallest absolute Gasteiger partial charge is 0.390 e. The Morgan fingerprint density at radius 1 is 0.938 bits per heavy atom. The van der Waals surface area contributed by atoms with Crippen LogP contribution in [-0.2, 0) is 9.09 Å². The second-order valence-electron chi connectivity index (χ2n) is 3.69. The highest BCUT2D eigenvalue weighted by Crippen LogP contribution is 2.40. The maximum atomic E-state index is 10.6. The van der Waals surface area contributed by atoms with E-state index in [0.29, 0.717) is 0 Å². The minimum Gasteiger partial charge on any atom is -0.390 e. The van der Waals surface area contributed by atoms with Crippen molar-refractivity contribution in [2.45, 2.75) is 36.5 Å². The van der Waals surface area contributed by atoms with Crippen LogP contribution in [0, 0.1) is 0 Å². The van der Waals surface area contributed by atoms with E-state index in [4.69, 9.17) is 21.3 Å². The van der Waals surface area contributed by atoms with Gasteiger partial charge in [0.05, 0.1) is 18.2 Å². The maximum Gasteiger partial charge on any atom is 0.470 e. The van der Waals surface area contributed by atoms with Gasteiger partial charge in [-0.25, -0.2) is 4.57 Å². The van der Waals surface area contributed by atoms with Gasteiger partial charge in [-0.2, -0.15) is 0 Å². The van der Waals surface area contributed by atoms with Gasteiger partial charge >= 0.3 is 7.82 Å². The minimum absolute atomic E-state index is 1.21. The first-order valence-corrected chi connectivity index (χ1v) is 5.97. The number of nitrogens with two attached hydrogens (primary N) is 2. The molecule has 1 aliphatic carbocycles. The van der Waals surface area contributed by atoms with E-state index >= 15 is 0 Å². The third-order valence-electron chi connectivity index (χ3n) is 2.51. The fourth-order valence-electron chi connectivity index (χ4n) is 1.59. The fraction of sp³-hybridized carbons (Fsp3) is 1.00. The molecule has 1 rings (SSSR count). The summed E-state index contributed by atoms with van der Waals surface area (Å²) in [4.78, 5) is 17.1. The number of phosphoric acid groups is 1. The summed E-state index contributed by atoms with van der Waals surface area (Å²) in [5, 5.41) is 28.3. The molecule has 1 saturated carbocycles. The van der Waals surface area contributed by atoms with E-state index in [0.717, 1.165) is 0 Å². The van der Waals surface area contributed by atoms with Gasteiger partial charge in [0.2, 0.25) is 0 Å². The Balaban J connectivity index is 2.87.